The van der Waals surface area contributed by atoms with Crippen LogP contribution in [0.5, 0.6) is 5.75 Å². The third-order valence-electron chi connectivity index (χ3n) is 4.36. The Morgan fingerprint density at radius 3 is 2.84 bits per heavy atom. The summed E-state index contributed by atoms with van der Waals surface area (Å²) in [4.78, 5) is 30.6. The van der Waals surface area contributed by atoms with Gasteiger partial charge in [-0.15, -0.1) is 0 Å². The number of ether oxygens (including phenoxy) is 1. The van der Waals surface area contributed by atoms with Crippen LogP contribution in [0.25, 0.3) is 0 Å². The molecule has 1 aliphatic rings. The zero-order chi connectivity index (χ0) is 18.0. The Balaban J connectivity index is 1.64. The van der Waals surface area contributed by atoms with Gasteiger partial charge in [0.2, 0.25) is 17.7 Å². The van der Waals surface area contributed by atoms with Crippen LogP contribution < -0.4 is 15.0 Å². The molecular weight excluding hydrogens is 322 g/mol. The molecule has 1 saturated heterocycles. The van der Waals surface area contributed by atoms with Gasteiger partial charge in [0.1, 0.15) is 11.5 Å². The van der Waals surface area contributed by atoms with Crippen molar-refractivity contribution in [1.29, 1.82) is 0 Å². The lowest BCUT2D eigenvalue weighted by Gasteiger charge is -2.19. The summed E-state index contributed by atoms with van der Waals surface area (Å²) in [5.41, 5.74) is 1.49. The molecule has 0 radical (unpaired) electrons. The number of methoxy groups -OCH3 is 1. The van der Waals surface area contributed by atoms with Crippen LogP contribution in [0.3, 0.4) is 0 Å². The van der Waals surface area contributed by atoms with E-state index < -0.39 is 5.92 Å². The molecule has 2 heterocycles. The van der Waals surface area contributed by atoms with Crippen molar-refractivity contribution in [1.82, 2.24) is 10.3 Å². The quantitative estimate of drug-likeness (QED) is 0.897. The Kier molecular flexibility index (Phi) is 4.74. The number of hydrogen-bond acceptors (Lipinski definition) is 5. The Bertz CT molecular complexity index is 780. The normalized spacial score (nSPS) is 17.0. The van der Waals surface area contributed by atoms with Crippen molar-refractivity contribution >= 4 is 17.5 Å². The average molecular weight is 343 g/mol. The zero-order valence-electron chi connectivity index (χ0n) is 14.5. The van der Waals surface area contributed by atoms with E-state index in [4.69, 9.17) is 9.15 Å². The van der Waals surface area contributed by atoms with Gasteiger partial charge in [-0.2, -0.15) is 0 Å². The van der Waals surface area contributed by atoms with Crippen molar-refractivity contribution in [2.45, 2.75) is 26.8 Å². The Hall–Kier alpha value is -2.83. The highest BCUT2D eigenvalue weighted by atomic mass is 16.5. The standard InChI is InChI=1S/C18H21N3O4/c1-11-12(2)25-16(20-11)9-19-18(23)13-8-17(22)21(10-13)14-6-4-5-7-15(14)24-3/h4-7,13H,8-10H2,1-3H3,(H,19,23). The summed E-state index contributed by atoms with van der Waals surface area (Å²) < 4.78 is 10.8. The summed E-state index contributed by atoms with van der Waals surface area (Å²) >= 11 is 0. The van der Waals surface area contributed by atoms with Gasteiger partial charge in [0.25, 0.3) is 0 Å². The fourth-order valence-corrected chi connectivity index (χ4v) is 2.89. The van der Waals surface area contributed by atoms with Crippen molar-refractivity contribution in [3.63, 3.8) is 0 Å². The van der Waals surface area contributed by atoms with Crippen LogP contribution in [0, 0.1) is 19.8 Å². The first-order chi connectivity index (χ1) is 12.0. The van der Waals surface area contributed by atoms with Gasteiger partial charge >= 0.3 is 0 Å². The topological polar surface area (TPSA) is 84.7 Å². The second-order valence-electron chi connectivity index (χ2n) is 6.04. The minimum absolute atomic E-state index is 0.0903. The number of carbonyl (C=O) groups is 2. The minimum Gasteiger partial charge on any atom is -0.495 e. The molecule has 1 aliphatic heterocycles. The average Bonchev–Trinajstić information content (AvgIpc) is 3.15. The van der Waals surface area contributed by atoms with Gasteiger partial charge in [-0.3, -0.25) is 9.59 Å². The van der Waals surface area contributed by atoms with Gasteiger partial charge in [-0.25, -0.2) is 4.98 Å². The molecule has 1 N–H and O–H groups in total. The van der Waals surface area contributed by atoms with Crippen molar-refractivity contribution < 1.29 is 18.7 Å². The molecule has 1 aromatic heterocycles. The Labute approximate surface area is 146 Å². The van der Waals surface area contributed by atoms with Gasteiger partial charge in [0.15, 0.2) is 0 Å². The molecule has 7 nitrogen and oxygen atoms in total. The van der Waals surface area contributed by atoms with Crippen LogP contribution in [0.15, 0.2) is 28.7 Å². The predicted octanol–water partition coefficient (Wildman–Crippen LogP) is 1.97. The molecule has 25 heavy (non-hydrogen) atoms. The van der Waals surface area contributed by atoms with Crippen molar-refractivity contribution in [3.8, 4) is 5.75 Å². The molecule has 3 rings (SSSR count). The van der Waals surface area contributed by atoms with E-state index in [0.717, 1.165) is 11.5 Å². The third kappa shape index (κ3) is 3.50. The molecule has 1 fully saturated rings. The molecule has 1 unspecified atom stereocenters. The molecule has 2 aromatic rings. The first-order valence-corrected chi connectivity index (χ1v) is 8.13. The molecule has 0 bridgehead atoms. The van der Waals surface area contributed by atoms with Gasteiger partial charge in [-0.05, 0) is 26.0 Å². The number of aryl methyl sites for hydroxylation is 2. The van der Waals surface area contributed by atoms with E-state index in [1.807, 2.05) is 32.0 Å². The van der Waals surface area contributed by atoms with Gasteiger partial charge in [-0.1, -0.05) is 12.1 Å². The smallest absolute Gasteiger partial charge is 0.227 e. The van der Waals surface area contributed by atoms with E-state index in [-0.39, 0.29) is 24.8 Å². The predicted molar refractivity (Wildman–Crippen MR) is 91.3 cm³/mol. The fourth-order valence-electron chi connectivity index (χ4n) is 2.89. The van der Waals surface area contributed by atoms with Crippen LogP contribution in [0.2, 0.25) is 0 Å². The Morgan fingerprint density at radius 2 is 2.16 bits per heavy atom. The number of rotatable bonds is 5. The van der Waals surface area contributed by atoms with Crippen LogP contribution in [-0.2, 0) is 16.1 Å². The largest absolute Gasteiger partial charge is 0.495 e. The molecule has 2 amide bonds. The van der Waals surface area contributed by atoms with Crippen molar-refractivity contribution in [2.75, 3.05) is 18.6 Å². The maximum atomic E-state index is 12.4. The molecule has 0 saturated carbocycles. The van der Waals surface area contributed by atoms with E-state index in [9.17, 15) is 9.59 Å². The second kappa shape index (κ2) is 6.96. The summed E-state index contributed by atoms with van der Waals surface area (Å²) in [6.45, 7) is 4.22. The molecule has 0 spiro atoms. The van der Waals surface area contributed by atoms with E-state index in [0.29, 0.717) is 23.9 Å². The SMILES string of the molecule is COc1ccccc1N1CC(C(=O)NCc2nc(C)c(C)o2)CC1=O. The molecule has 7 heteroatoms. The molecule has 132 valence electrons. The number of para-hydroxylation sites is 2. The number of amides is 2. The van der Waals surface area contributed by atoms with Crippen LogP contribution in [0.1, 0.15) is 23.8 Å². The van der Waals surface area contributed by atoms with Crippen molar-refractivity contribution in [2.24, 2.45) is 5.92 Å². The number of oxazole rings is 1. The van der Waals surface area contributed by atoms with Crippen molar-refractivity contribution in [3.05, 3.63) is 41.6 Å². The lowest BCUT2D eigenvalue weighted by molar-refractivity contribution is -0.126. The number of nitrogens with zero attached hydrogens (tertiary/aromatic N) is 2. The molecule has 1 atom stereocenters. The fraction of sp³-hybridized carbons (Fsp3) is 0.389. The second-order valence-corrected chi connectivity index (χ2v) is 6.04. The van der Waals surface area contributed by atoms with Gasteiger partial charge in [0.05, 0.1) is 31.0 Å². The number of anilines is 1. The summed E-state index contributed by atoms with van der Waals surface area (Å²) in [5, 5.41) is 2.80. The van der Waals surface area contributed by atoms with Gasteiger partial charge < -0.3 is 19.4 Å². The highest BCUT2D eigenvalue weighted by molar-refractivity contribution is 6.01. The molecule has 0 aliphatic carbocycles. The summed E-state index contributed by atoms with van der Waals surface area (Å²) in [6.07, 6.45) is 0.174. The van der Waals surface area contributed by atoms with Crippen LogP contribution in [0.4, 0.5) is 5.69 Å². The lowest BCUT2D eigenvalue weighted by atomic mass is 10.1. The minimum atomic E-state index is -0.408. The van der Waals surface area contributed by atoms with Crippen LogP contribution in [-0.4, -0.2) is 30.5 Å². The first-order valence-electron chi connectivity index (χ1n) is 8.13. The number of benzene rings is 1. The molecule has 1 aromatic carbocycles. The highest BCUT2D eigenvalue weighted by Gasteiger charge is 2.36. The summed E-state index contributed by atoms with van der Waals surface area (Å²) in [7, 11) is 1.56. The maximum absolute atomic E-state index is 12.4. The van der Waals surface area contributed by atoms with Gasteiger partial charge in [0, 0.05) is 13.0 Å². The third-order valence-corrected chi connectivity index (χ3v) is 4.36. The van der Waals surface area contributed by atoms with E-state index >= 15 is 0 Å². The number of hydrogen-bond donors (Lipinski definition) is 1. The Morgan fingerprint density at radius 1 is 1.40 bits per heavy atom. The molecular formula is C18H21N3O4. The highest BCUT2D eigenvalue weighted by Crippen LogP contribution is 2.32. The summed E-state index contributed by atoms with van der Waals surface area (Å²) in [6, 6.07) is 7.29. The number of carbonyl (C=O) groups excluding carboxylic acids is 2. The van der Waals surface area contributed by atoms with E-state index in [1.165, 1.54) is 0 Å². The van der Waals surface area contributed by atoms with Crippen LogP contribution >= 0.6 is 0 Å². The van der Waals surface area contributed by atoms with E-state index in [1.54, 1.807) is 18.1 Å². The summed E-state index contributed by atoms with van der Waals surface area (Å²) in [5.74, 6) is 1.14. The first kappa shape index (κ1) is 17.0. The van der Waals surface area contributed by atoms with E-state index in [2.05, 4.69) is 10.3 Å². The number of nitrogens with one attached hydrogen (secondary N) is 1. The zero-order valence-corrected chi connectivity index (χ0v) is 14.5. The number of aromatic nitrogens is 1. The maximum Gasteiger partial charge on any atom is 0.227 e. The lowest BCUT2D eigenvalue weighted by Crippen LogP contribution is -2.32. The monoisotopic (exact) mass is 343 g/mol.